The van der Waals surface area contributed by atoms with Gasteiger partial charge < -0.3 is 5.32 Å². The Hall–Kier alpha value is -1.90. The first-order valence-electron chi connectivity index (χ1n) is 4.58. The van der Waals surface area contributed by atoms with Crippen LogP contribution in [-0.4, -0.2) is 9.97 Å². The van der Waals surface area contributed by atoms with Crippen LogP contribution < -0.4 is 5.32 Å². The van der Waals surface area contributed by atoms with Gasteiger partial charge in [0.25, 0.3) is 0 Å². The number of nitrogens with one attached hydrogen (secondary N) is 1. The molecule has 14 heavy (non-hydrogen) atoms. The molecule has 1 aliphatic heterocycles. The van der Waals surface area contributed by atoms with Crippen molar-refractivity contribution in [1.29, 1.82) is 0 Å². The van der Waals surface area contributed by atoms with Gasteiger partial charge in [0.1, 0.15) is 5.69 Å². The van der Waals surface area contributed by atoms with Crippen molar-refractivity contribution < 1.29 is 0 Å². The van der Waals surface area contributed by atoms with Gasteiger partial charge in [-0.15, -0.1) is 0 Å². The van der Waals surface area contributed by atoms with Gasteiger partial charge in [-0.1, -0.05) is 24.3 Å². The quantitative estimate of drug-likeness (QED) is 0.679. The molecule has 68 valence electrons. The van der Waals surface area contributed by atoms with E-state index >= 15 is 0 Å². The molecule has 0 amide bonds. The first-order chi connectivity index (χ1) is 6.95. The van der Waals surface area contributed by atoms with Gasteiger partial charge in [-0.25, -0.2) is 4.98 Å². The van der Waals surface area contributed by atoms with Crippen LogP contribution in [0.25, 0.3) is 11.3 Å². The predicted octanol–water partition coefficient (Wildman–Crippen LogP) is 2.07. The molecule has 3 rings (SSSR count). The van der Waals surface area contributed by atoms with Gasteiger partial charge in [-0.2, -0.15) is 0 Å². The Balaban J connectivity index is 2.29. The third-order valence-corrected chi connectivity index (χ3v) is 2.42. The second-order valence-electron chi connectivity index (χ2n) is 3.26. The highest BCUT2D eigenvalue weighted by Crippen LogP contribution is 2.31. The fourth-order valence-corrected chi connectivity index (χ4v) is 1.75. The van der Waals surface area contributed by atoms with Crippen molar-refractivity contribution in [3.63, 3.8) is 0 Å². The predicted molar refractivity (Wildman–Crippen MR) is 54.8 cm³/mol. The molecule has 1 aromatic heterocycles. The van der Waals surface area contributed by atoms with Crippen molar-refractivity contribution in [3.05, 3.63) is 42.2 Å². The van der Waals surface area contributed by atoms with Crippen LogP contribution in [0.1, 0.15) is 5.56 Å². The van der Waals surface area contributed by atoms with Crippen LogP contribution in [0.5, 0.6) is 0 Å². The molecule has 1 N–H and O–H groups in total. The lowest BCUT2D eigenvalue weighted by molar-refractivity contribution is 1.06. The van der Waals surface area contributed by atoms with Crippen molar-refractivity contribution in [3.8, 4) is 11.3 Å². The molecule has 0 atom stereocenters. The van der Waals surface area contributed by atoms with E-state index in [0.29, 0.717) is 0 Å². The third kappa shape index (κ3) is 0.988. The van der Waals surface area contributed by atoms with Gasteiger partial charge in [0.15, 0.2) is 5.82 Å². The number of hydrogen-bond acceptors (Lipinski definition) is 3. The van der Waals surface area contributed by atoms with Crippen LogP contribution >= 0.6 is 0 Å². The fraction of sp³-hybridized carbons (Fsp3) is 0.0909. The number of hydrogen-bond donors (Lipinski definition) is 1. The second kappa shape index (κ2) is 2.80. The van der Waals surface area contributed by atoms with E-state index in [1.165, 1.54) is 11.1 Å². The highest BCUT2D eigenvalue weighted by atomic mass is 15.0. The van der Waals surface area contributed by atoms with Gasteiger partial charge in [0.2, 0.25) is 0 Å². The van der Waals surface area contributed by atoms with Crippen LogP contribution in [0.4, 0.5) is 5.82 Å². The van der Waals surface area contributed by atoms with Crippen molar-refractivity contribution >= 4 is 5.82 Å². The molecular formula is C11H9N3. The largest absolute Gasteiger partial charge is 0.364 e. The summed E-state index contributed by atoms with van der Waals surface area (Å²) >= 11 is 0. The van der Waals surface area contributed by atoms with Gasteiger partial charge in [0, 0.05) is 24.5 Å². The van der Waals surface area contributed by atoms with Crippen molar-refractivity contribution in [2.45, 2.75) is 6.54 Å². The number of aromatic nitrogens is 2. The number of benzene rings is 1. The standard InChI is InChI=1S/C11H9N3/c1-2-4-9-8(3-1)7-14-11-10(9)12-5-6-13-11/h1-6H,7H2,(H,13,14). The molecule has 0 saturated carbocycles. The number of rotatable bonds is 0. The average Bonchev–Trinajstić information content (AvgIpc) is 2.29. The normalized spacial score (nSPS) is 12.6. The summed E-state index contributed by atoms with van der Waals surface area (Å²) < 4.78 is 0. The molecular weight excluding hydrogens is 174 g/mol. The lowest BCUT2D eigenvalue weighted by atomic mass is 10.0. The molecule has 0 radical (unpaired) electrons. The topological polar surface area (TPSA) is 37.8 Å². The molecule has 0 fully saturated rings. The summed E-state index contributed by atoms with van der Waals surface area (Å²) in [5, 5.41) is 3.25. The zero-order valence-corrected chi connectivity index (χ0v) is 7.57. The van der Waals surface area contributed by atoms with E-state index in [-0.39, 0.29) is 0 Å². The lowest BCUT2D eigenvalue weighted by Crippen LogP contribution is -2.10. The van der Waals surface area contributed by atoms with E-state index in [4.69, 9.17) is 0 Å². The summed E-state index contributed by atoms with van der Waals surface area (Å²) in [6, 6.07) is 8.27. The molecule has 0 saturated heterocycles. The molecule has 3 nitrogen and oxygen atoms in total. The minimum Gasteiger partial charge on any atom is -0.364 e. The van der Waals surface area contributed by atoms with E-state index in [9.17, 15) is 0 Å². The summed E-state index contributed by atoms with van der Waals surface area (Å²) in [4.78, 5) is 8.58. The van der Waals surface area contributed by atoms with Crippen LogP contribution in [0.15, 0.2) is 36.7 Å². The van der Waals surface area contributed by atoms with E-state index in [1.807, 2.05) is 12.1 Å². The van der Waals surface area contributed by atoms with Crippen LogP contribution in [-0.2, 0) is 6.54 Å². The van der Waals surface area contributed by atoms with Crippen LogP contribution in [0.3, 0.4) is 0 Å². The lowest BCUT2D eigenvalue weighted by Gasteiger charge is -2.18. The summed E-state index contributed by atoms with van der Waals surface area (Å²) in [5.41, 5.74) is 3.42. The Morgan fingerprint density at radius 1 is 1.07 bits per heavy atom. The number of fused-ring (bicyclic) bond motifs is 3. The zero-order chi connectivity index (χ0) is 9.38. The fourth-order valence-electron chi connectivity index (χ4n) is 1.75. The van der Waals surface area contributed by atoms with E-state index in [1.54, 1.807) is 12.4 Å². The first kappa shape index (κ1) is 7.50. The highest BCUT2D eigenvalue weighted by molar-refractivity contribution is 5.76. The Bertz CT molecular complexity index is 434. The highest BCUT2D eigenvalue weighted by Gasteiger charge is 2.15. The van der Waals surface area contributed by atoms with Gasteiger partial charge in [-0.05, 0) is 5.56 Å². The van der Waals surface area contributed by atoms with E-state index < -0.39 is 0 Å². The number of nitrogens with zero attached hydrogens (tertiary/aromatic N) is 2. The van der Waals surface area contributed by atoms with Gasteiger partial charge in [-0.3, -0.25) is 4.98 Å². The molecule has 2 heterocycles. The minimum atomic E-state index is 0.835. The SMILES string of the molecule is c1ccc2c(c1)CNc1nccnc1-2. The van der Waals surface area contributed by atoms with Gasteiger partial charge >= 0.3 is 0 Å². The summed E-state index contributed by atoms with van der Waals surface area (Å²) in [6.07, 6.45) is 3.43. The van der Waals surface area contributed by atoms with E-state index in [0.717, 1.165) is 18.1 Å². The maximum Gasteiger partial charge on any atom is 0.152 e. The summed E-state index contributed by atoms with van der Waals surface area (Å²) in [5.74, 6) is 0.881. The van der Waals surface area contributed by atoms with Crippen LogP contribution in [0.2, 0.25) is 0 Å². The molecule has 0 spiro atoms. The maximum atomic E-state index is 4.34. The Labute approximate surface area is 81.8 Å². The Morgan fingerprint density at radius 3 is 2.93 bits per heavy atom. The van der Waals surface area contributed by atoms with Crippen molar-refractivity contribution in [2.24, 2.45) is 0 Å². The summed E-state index contributed by atoms with van der Waals surface area (Å²) in [7, 11) is 0. The zero-order valence-electron chi connectivity index (χ0n) is 7.57. The Morgan fingerprint density at radius 2 is 1.93 bits per heavy atom. The molecule has 0 aliphatic carbocycles. The van der Waals surface area contributed by atoms with Crippen molar-refractivity contribution in [1.82, 2.24) is 9.97 Å². The molecule has 3 heteroatoms. The van der Waals surface area contributed by atoms with Crippen LogP contribution in [0, 0.1) is 0 Å². The monoisotopic (exact) mass is 183 g/mol. The smallest absolute Gasteiger partial charge is 0.152 e. The average molecular weight is 183 g/mol. The third-order valence-electron chi connectivity index (χ3n) is 2.42. The summed E-state index contributed by atoms with van der Waals surface area (Å²) in [6.45, 7) is 0.835. The van der Waals surface area contributed by atoms with Gasteiger partial charge in [0.05, 0.1) is 0 Å². The second-order valence-corrected chi connectivity index (χ2v) is 3.26. The van der Waals surface area contributed by atoms with E-state index in [2.05, 4.69) is 27.4 Å². The molecule has 0 bridgehead atoms. The molecule has 1 aromatic carbocycles. The molecule has 2 aromatic rings. The maximum absolute atomic E-state index is 4.34. The van der Waals surface area contributed by atoms with Crippen molar-refractivity contribution in [2.75, 3.05) is 5.32 Å². The Kier molecular flexibility index (Phi) is 1.50. The number of anilines is 1. The minimum absolute atomic E-state index is 0.835. The first-order valence-corrected chi connectivity index (χ1v) is 4.58. The molecule has 1 aliphatic rings. The molecule has 0 unspecified atom stereocenters.